The highest BCUT2D eigenvalue weighted by Crippen LogP contribution is 2.19. The molecule has 0 aliphatic heterocycles. The van der Waals surface area contributed by atoms with E-state index in [9.17, 15) is 9.59 Å². The number of methoxy groups -OCH3 is 1. The molecular weight excluding hydrogens is 306 g/mol. The van der Waals surface area contributed by atoms with Gasteiger partial charge in [-0.2, -0.15) is 0 Å². The molecule has 122 valence electrons. The van der Waals surface area contributed by atoms with Crippen molar-refractivity contribution < 1.29 is 9.53 Å². The molecule has 1 N–H and O–H groups in total. The Morgan fingerprint density at radius 2 is 1.96 bits per heavy atom. The van der Waals surface area contributed by atoms with E-state index in [1.165, 1.54) is 4.57 Å². The number of carbonyl (C=O) groups excluding carboxylic acids is 1. The van der Waals surface area contributed by atoms with E-state index < -0.39 is 0 Å². The maximum absolute atomic E-state index is 12.5. The van der Waals surface area contributed by atoms with Crippen molar-refractivity contribution in [3.8, 4) is 5.75 Å². The molecule has 0 atom stereocenters. The van der Waals surface area contributed by atoms with Crippen molar-refractivity contribution in [2.75, 3.05) is 7.11 Å². The SMILES string of the molecule is COc1ccc2c(=O)n(C)c(C(=O)NCc3ccncc3)cc2c1. The molecule has 6 nitrogen and oxygen atoms in total. The fourth-order valence-electron chi connectivity index (χ4n) is 2.51. The van der Waals surface area contributed by atoms with Crippen LogP contribution in [0.25, 0.3) is 10.8 Å². The van der Waals surface area contributed by atoms with Gasteiger partial charge >= 0.3 is 0 Å². The second-order valence-corrected chi connectivity index (χ2v) is 5.39. The van der Waals surface area contributed by atoms with Gasteiger partial charge in [0, 0.05) is 31.4 Å². The first-order valence-corrected chi connectivity index (χ1v) is 7.45. The number of pyridine rings is 2. The van der Waals surface area contributed by atoms with Crippen LogP contribution in [0.2, 0.25) is 0 Å². The molecule has 1 aromatic carbocycles. The second-order valence-electron chi connectivity index (χ2n) is 5.39. The van der Waals surface area contributed by atoms with Crippen molar-refractivity contribution in [2.24, 2.45) is 7.05 Å². The van der Waals surface area contributed by atoms with Gasteiger partial charge in [0.2, 0.25) is 0 Å². The Balaban J connectivity index is 1.94. The van der Waals surface area contributed by atoms with Gasteiger partial charge in [0.15, 0.2) is 0 Å². The summed E-state index contributed by atoms with van der Waals surface area (Å²) in [6, 6.07) is 10.5. The van der Waals surface area contributed by atoms with Gasteiger partial charge in [-0.05, 0) is 47.3 Å². The number of hydrogen-bond acceptors (Lipinski definition) is 4. The van der Waals surface area contributed by atoms with Crippen molar-refractivity contribution in [1.29, 1.82) is 0 Å². The third-order valence-corrected chi connectivity index (χ3v) is 3.88. The summed E-state index contributed by atoms with van der Waals surface area (Å²) in [4.78, 5) is 28.9. The van der Waals surface area contributed by atoms with Gasteiger partial charge in [0.1, 0.15) is 11.4 Å². The minimum Gasteiger partial charge on any atom is -0.497 e. The summed E-state index contributed by atoms with van der Waals surface area (Å²) in [7, 11) is 3.15. The van der Waals surface area contributed by atoms with Crippen molar-refractivity contribution in [3.05, 3.63) is 70.4 Å². The molecular formula is C18H17N3O3. The van der Waals surface area contributed by atoms with Crippen molar-refractivity contribution in [1.82, 2.24) is 14.9 Å². The molecule has 0 aliphatic rings. The van der Waals surface area contributed by atoms with Crippen LogP contribution in [0.4, 0.5) is 0 Å². The predicted octanol–water partition coefficient (Wildman–Crippen LogP) is 1.87. The molecule has 6 heteroatoms. The summed E-state index contributed by atoms with van der Waals surface area (Å²) < 4.78 is 6.54. The van der Waals surface area contributed by atoms with E-state index in [1.54, 1.807) is 50.8 Å². The lowest BCUT2D eigenvalue weighted by molar-refractivity contribution is 0.0941. The van der Waals surface area contributed by atoms with E-state index >= 15 is 0 Å². The summed E-state index contributed by atoms with van der Waals surface area (Å²) in [5, 5.41) is 4.04. The number of amides is 1. The van der Waals surface area contributed by atoms with E-state index in [1.807, 2.05) is 12.1 Å². The Morgan fingerprint density at radius 1 is 1.21 bits per heavy atom. The molecule has 1 amide bonds. The zero-order valence-electron chi connectivity index (χ0n) is 13.4. The standard InChI is InChI=1S/C18H17N3O3/c1-21-16(17(22)20-11-12-5-7-19-8-6-12)10-13-9-14(24-2)3-4-15(13)18(21)23/h3-10H,11H2,1-2H3,(H,20,22). The van der Waals surface area contributed by atoms with Crippen LogP contribution in [0.1, 0.15) is 16.1 Å². The number of nitrogens with zero attached hydrogens (tertiary/aromatic N) is 2. The largest absolute Gasteiger partial charge is 0.497 e. The van der Waals surface area contributed by atoms with Crippen LogP contribution < -0.4 is 15.6 Å². The molecule has 0 saturated carbocycles. The molecule has 3 aromatic rings. The smallest absolute Gasteiger partial charge is 0.268 e. The highest BCUT2D eigenvalue weighted by atomic mass is 16.5. The van der Waals surface area contributed by atoms with Gasteiger partial charge in [-0.25, -0.2) is 0 Å². The van der Waals surface area contributed by atoms with Crippen LogP contribution in [0.5, 0.6) is 5.75 Å². The van der Waals surface area contributed by atoms with E-state index in [4.69, 9.17) is 4.74 Å². The first kappa shape index (κ1) is 15.7. The number of fused-ring (bicyclic) bond motifs is 1. The Bertz CT molecular complexity index is 949. The number of rotatable bonds is 4. The molecule has 2 aromatic heterocycles. The first-order chi connectivity index (χ1) is 11.6. The van der Waals surface area contributed by atoms with Gasteiger partial charge in [-0.3, -0.25) is 14.6 Å². The number of aromatic nitrogens is 2. The van der Waals surface area contributed by atoms with Crippen molar-refractivity contribution in [3.63, 3.8) is 0 Å². The van der Waals surface area contributed by atoms with Crippen molar-refractivity contribution >= 4 is 16.7 Å². The van der Waals surface area contributed by atoms with Crippen molar-refractivity contribution in [2.45, 2.75) is 6.54 Å². The van der Waals surface area contributed by atoms with Crippen LogP contribution in [-0.2, 0) is 13.6 Å². The summed E-state index contributed by atoms with van der Waals surface area (Å²) in [5.74, 6) is 0.329. The number of hydrogen-bond donors (Lipinski definition) is 1. The highest BCUT2D eigenvalue weighted by Gasteiger charge is 2.13. The summed E-state index contributed by atoms with van der Waals surface area (Å²) >= 11 is 0. The minimum absolute atomic E-state index is 0.218. The van der Waals surface area contributed by atoms with Crippen LogP contribution >= 0.6 is 0 Å². The molecule has 0 saturated heterocycles. The lowest BCUT2D eigenvalue weighted by atomic mass is 10.1. The molecule has 0 unspecified atom stereocenters. The van der Waals surface area contributed by atoms with E-state index in [0.717, 1.165) is 5.56 Å². The molecule has 3 rings (SSSR count). The predicted molar refractivity (Wildman–Crippen MR) is 91.1 cm³/mol. The molecule has 0 bridgehead atoms. The van der Waals surface area contributed by atoms with Crippen LogP contribution in [0, 0.1) is 0 Å². The fraction of sp³-hybridized carbons (Fsp3) is 0.167. The first-order valence-electron chi connectivity index (χ1n) is 7.45. The average molecular weight is 323 g/mol. The Labute approximate surface area is 138 Å². The van der Waals surface area contributed by atoms with Gasteiger partial charge in [0.05, 0.1) is 7.11 Å². The van der Waals surface area contributed by atoms with Crippen LogP contribution in [-0.4, -0.2) is 22.6 Å². The molecule has 0 radical (unpaired) electrons. The topological polar surface area (TPSA) is 73.2 Å². The minimum atomic E-state index is -0.309. The molecule has 0 fully saturated rings. The zero-order chi connectivity index (χ0) is 17.1. The van der Waals surface area contributed by atoms with E-state index in [0.29, 0.717) is 28.8 Å². The van der Waals surface area contributed by atoms with E-state index in [2.05, 4.69) is 10.3 Å². The lowest BCUT2D eigenvalue weighted by Crippen LogP contribution is -2.30. The van der Waals surface area contributed by atoms with Gasteiger partial charge in [0.25, 0.3) is 11.5 Å². The normalized spacial score (nSPS) is 10.6. The molecule has 24 heavy (non-hydrogen) atoms. The fourth-order valence-corrected chi connectivity index (χ4v) is 2.51. The lowest BCUT2D eigenvalue weighted by Gasteiger charge is -2.11. The zero-order valence-corrected chi connectivity index (χ0v) is 13.4. The second kappa shape index (κ2) is 6.54. The quantitative estimate of drug-likeness (QED) is 0.795. The third kappa shape index (κ3) is 2.99. The Morgan fingerprint density at radius 3 is 2.67 bits per heavy atom. The molecule has 2 heterocycles. The third-order valence-electron chi connectivity index (χ3n) is 3.88. The number of ether oxygens (including phenoxy) is 1. The molecule has 0 spiro atoms. The monoisotopic (exact) mass is 323 g/mol. The number of carbonyl (C=O) groups is 1. The summed E-state index contributed by atoms with van der Waals surface area (Å²) in [6.07, 6.45) is 3.33. The Kier molecular flexibility index (Phi) is 4.29. The average Bonchev–Trinajstić information content (AvgIpc) is 2.63. The van der Waals surface area contributed by atoms with E-state index in [-0.39, 0.29) is 11.5 Å². The molecule has 0 aliphatic carbocycles. The maximum atomic E-state index is 12.5. The van der Waals surface area contributed by atoms with Crippen LogP contribution in [0.3, 0.4) is 0 Å². The van der Waals surface area contributed by atoms with Gasteiger partial charge < -0.3 is 14.6 Å². The Hall–Kier alpha value is -3.15. The van der Waals surface area contributed by atoms with Crippen LogP contribution in [0.15, 0.2) is 53.6 Å². The maximum Gasteiger partial charge on any atom is 0.268 e. The number of nitrogens with one attached hydrogen (secondary N) is 1. The van der Waals surface area contributed by atoms with Gasteiger partial charge in [-0.1, -0.05) is 0 Å². The van der Waals surface area contributed by atoms with Gasteiger partial charge in [-0.15, -0.1) is 0 Å². The summed E-state index contributed by atoms with van der Waals surface area (Å²) in [5.41, 5.74) is 1.02. The highest BCUT2D eigenvalue weighted by molar-refractivity contribution is 5.96. The number of benzene rings is 1. The summed E-state index contributed by atoms with van der Waals surface area (Å²) in [6.45, 7) is 0.367.